The van der Waals surface area contributed by atoms with Gasteiger partial charge in [-0.1, -0.05) is 180 Å². The van der Waals surface area contributed by atoms with Gasteiger partial charge in [0.15, 0.2) is 0 Å². The van der Waals surface area contributed by atoms with Crippen LogP contribution in [-0.4, -0.2) is 47.7 Å². The van der Waals surface area contributed by atoms with Gasteiger partial charge in [0, 0.05) is 24.3 Å². The largest absolute Gasteiger partial charge is 0.462 e. The van der Waals surface area contributed by atoms with Gasteiger partial charge in [0.25, 0.3) is 0 Å². The quantitative estimate of drug-likeness (QED) is 0.0383. The Hall–Kier alpha value is -1.24. The Kier molecular flexibility index (Phi) is 28.8. The van der Waals surface area contributed by atoms with E-state index in [1.54, 1.807) is 0 Å². The number of esters is 3. The van der Waals surface area contributed by atoms with E-state index in [1.807, 2.05) is 20.8 Å². The van der Waals surface area contributed by atoms with Crippen molar-refractivity contribution >= 4 is 29.7 Å². The van der Waals surface area contributed by atoms with Crippen molar-refractivity contribution in [3.8, 4) is 0 Å². The molecule has 1 unspecified atom stereocenters. The third-order valence-electron chi connectivity index (χ3n) is 11.3. The van der Waals surface area contributed by atoms with Gasteiger partial charge >= 0.3 is 17.9 Å². The van der Waals surface area contributed by atoms with Crippen molar-refractivity contribution in [1.82, 2.24) is 0 Å². The summed E-state index contributed by atoms with van der Waals surface area (Å²) in [5.41, 5.74) is -0.505. The molecule has 0 radical (unpaired) electrons. The van der Waals surface area contributed by atoms with Crippen molar-refractivity contribution in [2.24, 2.45) is 11.8 Å². The number of carbonyl (C=O) groups excluding carboxylic acids is 3. The molecule has 0 saturated heterocycles. The molecule has 2 aliphatic rings. The summed E-state index contributed by atoms with van der Waals surface area (Å²) in [4.78, 5) is 37.4. The highest BCUT2D eigenvalue weighted by molar-refractivity contribution is 7.99. The van der Waals surface area contributed by atoms with Crippen molar-refractivity contribution in [2.45, 2.75) is 244 Å². The molecule has 7 heteroatoms. The Labute approximate surface area is 331 Å². The number of unbranched alkanes of at least 4 members (excludes halogenated alkanes) is 16. The number of ether oxygens (including phenoxy) is 3. The molecule has 2 aliphatic carbocycles. The van der Waals surface area contributed by atoms with E-state index in [4.69, 9.17) is 14.2 Å². The molecule has 2 fully saturated rings. The van der Waals surface area contributed by atoms with Crippen LogP contribution < -0.4 is 0 Å². The molecular formula is C46H84O6S. The molecule has 53 heavy (non-hydrogen) atoms. The predicted octanol–water partition coefficient (Wildman–Crippen LogP) is 13.6. The summed E-state index contributed by atoms with van der Waals surface area (Å²) < 4.78 is 16.8. The van der Waals surface area contributed by atoms with Crippen LogP contribution in [-0.2, 0) is 28.6 Å². The van der Waals surface area contributed by atoms with Gasteiger partial charge in [-0.2, -0.15) is 11.8 Å². The molecule has 0 bridgehead atoms. The first kappa shape index (κ1) is 47.9. The summed E-state index contributed by atoms with van der Waals surface area (Å²) >= 11 is 1.53. The summed E-state index contributed by atoms with van der Waals surface area (Å²) in [6.07, 6.45) is 40.3. The van der Waals surface area contributed by atoms with E-state index >= 15 is 0 Å². The topological polar surface area (TPSA) is 78.9 Å². The van der Waals surface area contributed by atoms with Gasteiger partial charge < -0.3 is 14.2 Å². The maximum absolute atomic E-state index is 12.7. The zero-order chi connectivity index (χ0) is 38.2. The van der Waals surface area contributed by atoms with Gasteiger partial charge in [-0.3, -0.25) is 14.4 Å². The maximum atomic E-state index is 12.7. The van der Waals surface area contributed by atoms with Gasteiger partial charge in [-0.25, -0.2) is 0 Å². The Bertz CT molecular complexity index is 904. The second-order valence-corrected chi connectivity index (χ2v) is 18.8. The molecule has 0 aromatic heterocycles. The van der Waals surface area contributed by atoms with E-state index in [2.05, 4.69) is 0 Å². The first-order valence-corrected chi connectivity index (χ1v) is 24.0. The molecule has 6 nitrogen and oxygen atoms in total. The van der Waals surface area contributed by atoms with Crippen LogP contribution in [0.4, 0.5) is 0 Å². The zero-order valence-corrected chi connectivity index (χ0v) is 35.9. The SMILES string of the molecule is CC(C)(C)OC(=O)CCSCC(COC(=O)CCCCCCCCCCCC1CCCCC1)OC(=O)CCCCCCCCCCCC1CCCCC1. The molecule has 0 aliphatic heterocycles. The zero-order valence-electron chi connectivity index (χ0n) is 35.0. The Morgan fingerprint density at radius 3 is 1.40 bits per heavy atom. The maximum Gasteiger partial charge on any atom is 0.307 e. The fourth-order valence-corrected chi connectivity index (χ4v) is 9.12. The van der Waals surface area contributed by atoms with E-state index in [0.29, 0.717) is 30.8 Å². The van der Waals surface area contributed by atoms with Crippen LogP contribution in [0.2, 0.25) is 0 Å². The minimum Gasteiger partial charge on any atom is -0.462 e. The van der Waals surface area contributed by atoms with Crippen LogP contribution in [0.5, 0.6) is 0 Å². The number of thioether (sulfide) groups is 1. The van der Waals surface area contributed by atoms with Gasteiger partial charge in [0.2, 0.25) is 0 Å². The van der Waals surface area contributed by atoms with Crippen LogP contribution in [0.25, 0.3) is 0 Å². The van der Waals surface area contributed by atoms with E-state index in [-0.39, 0.29) is 24.5 Å². The summed E-state index contributed by atoms with van der Waals surface area (Å²) in [6.45, 7) is 5.67. The predicted molar refractivity (Wildman–Crippen MR) is 223 cm³/mol. The van der Waals surface area contributed by atoms with E-state index < -0.39 is 11.7 Å². The third-order valence-corrected chi connectivity index (χ3v) is 12.4. The lowest BCUT2D eigenvalue weighted by molar-refractivity contribution is -0.157. The smallest absolute Gasteiger partial charge is 0.307 e. The summed E-state index contributed by atoms with van der Waals surface area (Å²) in [5.74, 6) is 2.41. The average molecular weight is 765 g/mol. The third kappa shape index (κ3) is 29.7. The molecule has 0 spiro atoms. The van der Waals surface area contributed by atoms with Gasteiger partial charge in [-0.15, -0.1) is 0 Å². The van der Waals surface area contributed by atoms with Crippen molar-refractivity contribution < 1.29 is 28.6 Å². The molecule has 0 aromatic carbocycles. The average Bonchev–Trinajstić information content (AvgIpc) is 3.13. The lowest BCUT2D eigenvalue weighted by Gasteiger charge is -2.21. The molecule has 2 rings (SSSR count). The van der Waals surface area contributed by atoms with Gasteiger partial charge in [0.05, 0.1) is 6.42 Å². The fourth-order valence-electron chi connectivity index (χ4n) is 8.21. The van der Waals surface area contributed by atoms with Gasteiger partial charge in [0.1, 0.15) is 18.3 Å². The first-order valence-electron chi connectivity index (χ1n) is 22.9. The molecule has 0 amide bonds. The number of carbonyl (C=O) groups is 3. The Morgan fingerprint density at radius 1 is 0.528 bits per heavy atom. The fraction of sp³-hybridized carbons (Fsp3) is 0.935. The van der Waals surface area contributed by atoms with E-state index in [9.17, 15) is 14.4 Å². The van der Waals surface area contributed by atoms with Crippen molar-refractivity contribution in [2.75, 3.05) is 18.1 Å². The molecule has 0 aromatic rings. The molecule has 1 atom stereocenters. The second kappa shape index (κ2) is 31.9. The van der Waals surface area contributed by atoms with Crippen molar-refractivity contribution in [1.29, 1.82) is 0 Å². The van der Waals surface area contributed by atoms with E-state index in [1.165, 1.54) is 172 Å². The minimum atomic E-state index is -0.505. The van der Waals surface area contributed by atoms with Crippen LogP contribution in [0.15, 0.2) is 0 Å². The summed E-state index contributed by atoms with van der Waals surface area (Å²) in [6, 6.07) is 0. The van der Waals surface area contributed by atoms with Crippen molar-refractivity contribution in [3.05, 3.63) is 0 Å². The first-order chi connectivity index (χ1) is 25.7. The highest BCUT2D eigenvalue weighted by atomic mass is 32.2. The molecule has 2 saturated carbocycles. The molecule has 0 N–H and O–H groups in total. The molecule has 310 valence electrons. The van der Waals surface area contributed by atoms with E-state index in [0.717, 1.165) is 43.9 Å². The Morgan fingerprint density at radius 2 is 0.943 bits per heavy atom. The number of hydrogen-bond donors (Lipinski definition) is 0. The van der Waals surface area contributed by atoms with Crippen LogP contribution in [0.3, 0.4) is 0 Å². The highest BCUT2D eigenvalue weighted by Gasteiger charge is 2.20. The highest BCUT2D eigenvalue weighted by Crippen LogP contribution is 2.29. The van der Waals surface area contributed by atoms with Crippen molar-refractivity contribution in [3.63, 3.8) is 0 Å². The number of rotatable bonds is 32. The van der Waals surface area contributed by atoms with Crippen LogP contribution in [0.1, 0.15) is 233 Å². The summed E-state index contributed by atoms with van der Waals surface area (Å²) in [5, 5.41) is 0. The molecular weight excluding hydrogens is 681 g/mol. The Balaban J connectivity index is 1.52. The lowest BCUT2D eigenvalue weighted by atomic mass is 9.85. The lowest BCUT2D eigenvalue weighted by Crippen LogP contribution is -2.28. The standard InChI is InChI=1S/C46H84O6S/c1-46(2,3)52-45(49)36-37-53-39-42(51-44(48)35-27-17-13-9-5-7-11-15-21-29-41-32-24-19-25-33-41)38-50-43(47)34-26-16-12-8-4-6-10-14-20-28-40-30-22-18-23-31-40/h40-42H,4-39H2,1-3H3. The monoisotopic (exact) mass is 765 g/mol. The minimum absolute atomic E-state index is 0.0748. The number of hydrogen-bond acceptors (Lipinski definition) is 7. The normalized spacial score (nSPS) is 16.4. The second-order valence-electron chi connectivity index (χ2n) is 17.7. The van der Waals surface area contributed by atoms with Gasteiger partial charge in [-0.05, 0) is 45.4 Å². The van der Waals surface area contributed by atoms with Crippen LogP contribution in [0, 0.1) is 11.8 Å². The molecule has 0 heterocycles. The summed E-state index contributed by atoms with van der Waals surface area (Å²) in [7, 11) is 0. The van der Waals surface area contributed by atoms with Crippen LogP contribution >= 0.6 is 11.8 Å².